The molecule has 0 spiro atoms. The predicted molar refractivity (Wildman–Crippen MR) is 24.8 cm³/mol. The van der Waals surface area contributed by atoms with Gasteiger partial charge in [-0.3, -0.25) is 10.2 Å². The van der Waals surface area contributed by atoms with Crippen molar-refractivity contribution in [2.45, 2.75) is 12.8 Å². The summed E-state index contributed by atoms with van der Waals surface area (Å²) in [4.78, 5) is 10.3. The quantitative estimate of drug-likeness (QED) is 0.260. The zero-order valence-corrected chi connectivity index (χ0v) is 3.90. The first-order valence-electron chi connectivity index (χ1n) is 2.20. The van der Waals surface area contributed by atoms with Gasteiger partial charge in [-0.25, -0.2) is 5.84 Å². The van der Waals surface area contributed by atoms with Crippen LogP contribution in [0.2, 0.25) is 0 Å². The molecule has 1 radical (unpaired) electrons. The number of hydrogen-bond donors (Lipinski definition) is 2. The largest absolute Gasteiger partial charge is 0.294 e. The van der Waals surface area contributed by atoms with Crippen molar-refractivity contribution in [2.24, 2.45) is 5.84 Å². The number of amides is 1. The molecule has 0 aromatic rings. The van der Waals surface area contributed by atoms with E-state index < -0.39 is 0 Å². The summed E-state index contributed by atoms with van der Waals surface area (Å²) in [5.41, 5.74) is 2.05. The lowest BCUT2D eigenvalue weighted by Gasteiger charge is -1.89. The predicted octanol–water partition coefficient (Wildman–Crippen LogP) is -0.655. The van der Waals surface area contributed by atoms with Gasteiger partial charge in [0.15, 0.2) is 0 Å². The zero-order chi connectivity index (χ0) is 5.28. The molecule has 0 heterocycles. The van der Waals surface area contributed by atoms with Gasteiger partial charge in [-0.1, -0.05) is 0 Å². The first-order chi connectivity index (χ1) is 3.34. The van der Waals surface area contributed by atoms with Crippen molar-refractivity contribution in [2.75, 3.05) is 0 Å². The van der Waals surface area contributed by atoms with E-state index in [4.69, 9.17) is 5.84 Å². The van der Waals surface area contributed by atoms with Crippen LogP contribution in [0.25, 0.3) is 0 Å². The molecule has 7 heavy (non-hydrogen) atoms. The molecule has 0 aromatic carbocycles. The summed E-state index contributed by atoms with van der Waals surface area (Å²) in [7, 11) is 0. The van der Waals surface area contributed by atoms with Crippen molar-refractivity contribution in [1.29, 1.82) is 0 Å². The number of carbonyl (C=O) groups excluding carboxylic acids is 1. The standard InChI is InChI=1S/C4H7N2O/c5-6-4(7)3-1-2-3/h1-2,5H2,(H,6,7). The minimum atomic E-state index is -0.0972. The van der Waals surface area contributed by atoms with Crippen molar-refractivity contribution >= 4 is 5.91 Å². The average Bonchev–Trinajstić information content (AvgIpc) is 2.44. The van der Waals surface area contributed by atoms with Gasteiger partial charge in [-0.05, 0) is 12.8 Å². The number of hydrazine groups is 1. The molecule has 0 atom stereocenters. The molecule has 0 aliphatic heterocycles. The average molecular weight is 99.1 g/mol. The number of nitrogens with two attached hydrogens (primary N) is 1. The summed E-state index contributed by atoms with van der Waals surface area (Å²) in [6.07, 6.45) is 1.87. The van der Waals surface area contributed by atoms with Gasteiger partial charge in [0.2, 0.25) is 5.91 Å². The second kappa shape index (κ2) is 1.50. The van der Waals surface area contributed by atoms with E-state index in [0.717, 1.165) is 18.8 Å². The lowest BCUT2D eigenvalue weighted by Crippen LogP contribution is -2.30. The van der Waals surface area contributed by atoms with E-state index >= 15 is 0 Å². The lowest BCUT2D eigenvalue weighted by molar-refractivity contribution is -0.118. The molecule has 1 aliphatic carbocycles. The van der Waals surface area contributed by atoms with Crippen LogP contribution in [0.15, 0.2) is 0 Å². The first-order valence-corrected chi connectivity index (χ1v) is 2.20. The maximum atomic E-state index is 10.3. The van der Waals surface area contributed by atoms with Crippen molar-refractivity contribution < 1.29 is 4.79 Å². The Morgan fingerprint density at radius 1 is 1.71 bits per heavy atom. The van der Waals surface area contributed by atoms with Crippen molar-refractivity contribution in [1.82, 2.24) is 5.43 Å². The molecule has 3 heteroatoms. The number of hydrogen-bond acceptors (Lipinski definition) is 2. The smallest absolute Gasteiger partial charge is 0.241 e. The fourth-order valence-electron chi connectivity index (χ4n) is 0.392. The van der Waals surface area contributed by atoms with Crippen LogP contribution in [0.1, 0.15) is 12.8 Å². The second-order valence-electron chi connectivity index (χ2n) is 1.58. The highest BCUT2D eigenvalue weighted by Gasteiger charge is 2.29. The first kappa shape index (κ1) is 4.59. The van der Waals surface area contributed by atoms with Crippen LogP contribution in [0.3, 0.4) is 0 Å². The molecule has 1 amide bonds. The fraction of sp³-hybridized carbons (Fsp3) is 0.500. The van der Waals surface area contributed by atoms with Gasteiger partial charge in [0.05, 0.1) is 5.92 Å². The molecule has 3 N–H and O–H groups in total. The van der Waals surface area contributed by atoms with Crippen LogP contribution in [-0.4, -0.2) is 5.91 Å². The summed E-state index contributed by atoms with van der Waals surface area (Å²) in [5, 5.41) is 0. The Morgan fingerprint density at radius 2 is 2.29 bits per heavy atom. The normalized spacial score (nSPS) is 19.0. The lowest BCUT2D eigenvalue weighted by atomic mass is 10.4. The Hall–Kier alpha value is -0.570. The molecule has 0 saturated heterocycles. The third-order valence-electron chi connectivity index (χ3n) is 0.952. The van der Waals surface area contributed by atoms with E-state index in [9.17, 15) is 4.79 Å². The molecule has 1 saturated carbocycles. The maximum Gasteiger partial charge on any atom is 0.241 e. The summed E-state index contributed by atoms with van der Waals surface area (Å²) in [5.74, 6) is 5.61. The van der Waals surface area contributed by atoms with E-state index in [1.807, 2.05) is 0 Å². The summed E-state index contributed by atoms with van der Waals surface area (Å²) in [6, 6.07) is 0. The van der Waals surface area contributed by atoms with Crippen LogP contribution < -0.4 is 11.3 Å². The van der Waals surface area contributed by atoms with Crippen molar-refractivity contribution in [3.8, 4) is 0 Å². The molecular weight excluding hydrogens is 92.1 g/mol. The molecule has 1 rings (SSSR count). The maximum absolute atomic E-state index is 10.3. The van der Waals surface area contributed by atoms with Crippen molar-refractivity contribution in [3.63, 3.8) is 0 Å². The van der Waals surface area contributed by atoms with E-state index in [0.29, 0.717) is 0 Å². The molecule has 1 fully saturated rings. The van der Waals surface area contributed by atoms with E-state index in [2.05, 4.69) is 5.43 Å². The Kier molecular flexibility index (Phi) is 0.982. The highest BCUT2D eigenvalue weighted by atomic mass is 16.2. The monoisotopic (exact) mass is 99.1 g/mol. The Morgan fingerprint density at radius 3 is 2.43 bits per heavy atom. The van der Waals surface area contributed by atoms with Crippen LogP contribution in [0, 0.1) is 5.92 Å². The molecule has 0 unspecified atom stereocenters. The Bertz CT molecular complexity index is 87.7. The fourth-order valence-corrected chi connectivity index (χ4v) is 0.392. The molecular formula is C4H7N2O. The van der Waals surface area contributed by atoms with Gasteiger partial charge >= 0.3 is 0 Å². The summed E-state index contributed by atoms with van der Waals surface area (Å²) in [6.45, 7) is 0. The molecule has 3 nitrogen and oxygen atoms in total. The minimum Gasteiger partial charge on any atom is -0.294 e. The van der Waals surface area contributed by atoms with Gasteiger partial charge in [0, 0.05) is 0 Å². The van der Waals surface area contributed by atoms with Crippen LogP contribution >= 0.6 is 0 Å². The number of carbonyl (C=O) groups is 1. The molecule has 39 valence electrons. The molecule has 1 aliphatic rings. The van der Waals surface area contributed by atoms with E-state index in [1.165, 1.54) is 0 Å². The Labute approximate surface area is 41.8 Å². The molecule has 0 aromatic heterocycles. The third kappa shape index (κ3) is 0.899. The molecule has 0 bridgehead atoms. The third-order valence-corrected chi connectivity index (χ3v) is 0.952. The van der Waals surface area contributed by atoms with Gasteiger partial charge in [0.25, 0.3) is 0 Å². The van der Waals surface area contributed by atoms with Gasteiger partial charge in [-0.15, -0.1) is 0 Å². The number of rotatable bonds is 1. The second-order valence-corrected chi connectivity index (χ2v) is 1.58. The Balaban J connectivity index is 2.24. The van der Waals surface area contributed by atoms with E-state index in [-0.39, 0.29) is 5.91 Å². The highest BCUT2D eigenvalue weighted by molar-refractivity contribution is 5.92. The highest BCUT2D eigenvalue weighted by Crippen LogP contribution is 2.31. The van der Waals surface area contributed by atoms with Crippen LogP contribution in [0.5, 0.6) is 0 Å². The number of nitrogens with one attached hydrogen (secondary N) is 1. The summed E-state index contributed by atoms with van der Waals surface area (Å²) >= 11 is 0. The minimum absolute atomic E-state index is 0.0972. The SMILES string of the molecule is NNC(=O)[C]1CC1. The van der Waals surface area contributed by atoms with Crippen LogP contribution in [0.4, 0.5) is 0 Å². The van der Waals surface area contributed by atoms with Crippen molar-refractivity contribution in [3.05, 3.63) is 5.92 Å². The topological polar surface area (TPSA) is 55.1 Å². The van der Waals surface area contributed by atoms with Gasteiger partial charge in [0.1, 0.15) is 0 Å². The van der Waals surface area contributed by atoms with Gasteiger partial charge < -0.3 is 0 Å². The van der Waals surface area contributed by atoms with E-state index in [1.54, 1.807) is 0 Å². The summed E-state index contributed by atoms with van der Waals surface area (Å²) < 4.78 is 0. The zero-order valence-electron chi connectivity index (χ0n) is 3.90. The van der Waals surface area contributed by atoms with Gasteiger partial charge in [-0.2, -0.15) is 0 Å². The van der Waals surface area contributed by atoms with Crippen LogP contribution in [-0.2, 0) is 4.79 Å².